The third-order valence-corrected chi connectivity index (χ3v) is 2.61. The zero-order valence-corrected chi connectivity index (χ0v) is 7.59. The van der Waals surface area contributed by atoms with Gasteiger partial charge in [-0.05, 0) is 30.6 Å². The maximum Gasteiger partial charge on any atom is 0.0599 e. The summed E-state index contributed by atoms with van der Waals surface area (Å²) in [5.41, 5.74) is 1.41. The van der Waals surface area contributed by atoms with E-state index in [-0.39, 0.29) is 0 Å². The van der Waals surface area contributed by atoms with Crippen LogP contribution in [0.5, 0.6) is 0 Å². The van der Waals surface area contributed by atoms with Gasteiger partial charge in [-0.15, -0.1) is 0 Å². The Kier molecular flexibility index (Phi) is 2.21. The lowest BCUT2D eigenvalue weighted by atomic mass is 9.72. The molecule has 0 aromatic heterocycles. The molecule has 0 bridgehead atoms. The number of nitrogens with zero attached hydrogens (tertiary/aromatic N) is 1. The molecule has 0 amide bonds. The van der Waals surface area contributed by atoms with Crippen LogP contribution in [-0.2, 0) is 0 Å². The van der Waals surface area contributed by atoms with Crippen LogP contribution in [0, 0.1) is 11.3 Å². The van der Waals surface area contributed by atoms with Gasteiger partial charge in [-0.3, -0.25) is 0 Å². The molecular formula is C9H17NO. The predicted octanol–water partition coefficient (Wildman–Crippen LogP) is 2.66. The maximum atomic E-state index is 8.62. The topological polar surface area (TPSA) is 32.6 Å². The van der Waals surface area contributed by atoms with Gasteiger partial charge in [0.2, 0.25) is 0 Å². The van der Waals surface area contributed by atoms with Gasteiger partial charge in [0.25, 0.3) is 0 Å². The highest BCUT2D eigenvalue weighted by atomic mass is 16.4. The molecule has 1 N–H and O–H groups in total. The Morgan fingerprint density at radius 3 is 2.64 bits per heavy atom. The Morgan fingerprint density at radius 2 is 2.18 bits per heavy atom. The summed E-state index contributed by atoms with van der Waals surface area (Å²) in [7, 11) is 0. The average Bonchev–Trinajstić information content (AvgIpc) is 1.86. The highest BCUT2D eigenvalue weighted by Gasteiger charge is 2.29. The van der Waals surface area contributed by atoms with Crippen LogP contribution in [0.1, 0.15) is 40.0 Å². The molecule has 0 aliphatic heterocycles. The van der Waals surface area contributed by atoms with Crippen molar-refractivity contribution in [2.45, 2.75) is 40.0 Å². The summed E-state index contributed by atoms with van der Waals surface area (Å²) in [6, 6.07) is 0. The minimum Gasteiger partial charge on any atom is -0.411 e. The van der Waals surface area contributed by atoms with Crippen molar-refractivity contribution in [3.05, 3.63) is 0 Å². The fourth-order valence-electron chi connectivity index (χ4n) is 1.91. The van der Waals surface area contributed by atoms with Crippen molar-refractivity contribution in [2.75, 3.05) is 0 Å². The first-order chi connectivity index (χ1) is 5.05. The predicted molar refractivity (Wildman–Crippen MR) is 46.0 cm³/mol. The first kappa shape index (κ1) is 8.57. The second-order valence-corrected chi connectivity index (χ2v) is 4.36. The van der Waals surface area contributed by atoms with Gasteiger partial charge < -0.3 is 5.21 Å². The zero-order chi connectivity index (χ0) is 8.48. The molecule has 1 fully saturated rings. The number of rotatable bonds is 0. The van der Waals surface area contributed by atoms with Crippen LogP contribution in [0.4, 0.5) is 0 Å². The largest absolute Gasteiger partial charge is 0.411 e. The lowest BCUT2D eigenvalue weighted by Gasteiger charge is -2.33. The van der Waals surface area contributed by atoms with E-state index in [2.05, 4.69) is 25.9 Å². The van der Waals surface area contributed by atoms with Crippen LogP contribution < -0.4 is 0 Å². The lowest BCUT2D eigenvalue weighted by Crippen LogP contribution is -2.28. The van der Waals surface area contributed by atoms with Gasteiger partial charge in [0, 0.05) is 0 Å². The molecule has 1 aliphatic rings. The molecule has 2 nitrogen and oxygen atoms in total. The van der Waals surface area contributed by atoms with Crippen LogP contribution in [0.3, 0.4) is 0 Å². The van der Waals surface area contributed by atoms with E-state index in [0.29, 0.717) is 11.3 Å². The molecule has 1 atom stereocenters. The van der Waals surface area contributed by atoms with Crippen LogP contribution in [0.25, 0.3) is 0 Å². The number of oxime groups is 1. The van der Waals surface area contributed by atoms with Crippen LogP contribution in [0.15, 0.2) is 5.16 Å². The Hall–Kier alpha value is -0.530. The highest BCUT2D eigenvalue weighted by Crippen LogP contribution is 2.36. The highest BCUT2D eigenvalue weighted by molar-refractivity contribution is 5.86. The second-order valence-electron chi connectivity index (χ2n) is 4.36. The molecule has 1 aliphatic carbocycles. The smallest absolute Gasteiger partial charge is 0.0599 e. The van der Waals surface area contributed by atoms with Crippen molar-refractivity contribution in [3.8, 4) is 0 Å². The van der Waals surface area contributed by atoms with Gasteiger partial charge in [-0.1, -0.05) is 25.9 Å². The monoisotopic (exact) mass is 155 g/mol. The summed E-state index contributed by atoms with van der Waals surface area (Å²) in [5, 5.41) is 11.9. The zero-order valence-electron chi connectivity index (χ0n) is 7.59. The van der Waals surface area contributed by atoms with Crippen molar-refractivity contribution in [1.29, 1.82) is 0 Å². The molecule has 0 aromatic carbocycles. The Balaban J connectivity index is 2.62. The van der Waals surface area contributed by atoms with Gasteiger partial charge in [0.05, 0.1) is 5.71 Å². The van der Waals surface area contributed by atoms with E-state index in [4.69, 9.17) is 5.21 Å². The van der Waals surface area contributed by atoms with Crippen molar-refractivity contribution in [2.24, 2.45) is 16.5 Å². The van der Waals surface area contributed by atoms with Crippen molar-refractivity contribution >= 4 is 5.71 Å². The third-order valence-electron chi connectivity index (χ3n) is 2.61. The van der Waals surface area contributed by atoms with E-state index in [1.54, 1.807) is 0 Å². The Morgan fingerprint density at radius 1 is 1.55 bits per heavy atom. The van der Waals surface area contributed by atoms with Gasteiger partial charge in [0.15, 0.2) is 0 Å². The van der Waals surface area contributed by atoms with E-state index >= 15 is 0 Å². The fraction of sp³-hybridized carbons (Fsp3) is 0.889. The molecule has 0 spiro atoms. The van der Waals surface area contributed by atoms with E-state index in [9.17, 15) is 0 Å². The molecule has 0 heterocycles. The molecule has 1 unspecified atom stereocenters. The molecular weight excluding hydrogens is 138 g/mol. The molecule has 2 heteroatoms. The first-order valence-corrected chi connectivity index (χ1v) is 4.26. The number of hydrogen-bond donors (Lipinski definition) is 1. The van der Waals surface area contributed by atoms with Gasteiger partial charge in [-0.25, -0.2) is 0 Å². The summed E-state index contributed by atoms with van der Waals surface area (Å²) < 4.78 is 0. The van der Waals surface area contributed by atoms with Crippen LogP contribution in [-0.4, -0.2) is 10.9 Å². The van der Waals surface area contributed by atoms with Gasteiger partial charge >= 0.3 is 0 Å². The van der Waals surface area contributed by atoms with Gasteiger partial charge in [-0.2, -0.15) is 0 Å². The average molecular weight is 155 g/mol. The maximum absolute atomic E-state index is 8.62. The Labute approximate surface area is 68.3 Å². The van der Waals surface area contributed by atoms with Crippen molar-refractivity contribution in [1.82, 2.24) is 0 Å². The quantitative estimate of drug-likeness (QED) is 0.423. The normalized spacial score (nSPS) is 34.1. The summed E-state index contributed by atoms with van der Waals surface area (Å²) in [6.45, 7) is 6.69. The molecule has 0 radical (unpaired) electrons. The summed E-state index contributed by atoms with van der Waals surface area (Å²) in [6.07, 6.45) is 3.26. The second kappa shape index (κ2) is 2.84. The standard InChI is InChI=1S/C9H17NO/c1-7-6-9(2,3)5-4-8(7)10-11/h7,11H,4-6H2,1-3H3. The fourth-order valence-corrected chi connectivity index (χ4v) is 1.91. The van der Waals surface area contributed by atoms with E-state index in [1.807, 2.05) is 0 Å². The van der Waals surface area contributed by atoms with Crippen molar-refractivity contribution in [3.63, 3.8) is 0 Å². The molecule has 0 aromatic rings. The Bertz CT molecular complexity index is 172. The molecule has 1 rings (SSSR count). The minimum absolute atomic E-state index is 0.438. The van der Waals surface area contributed by atoms with Crippen molar-refractivity contribution < 1.29 is 5.21 Å². The minimum atomic E-state index is 0.438. The number of hydrogen-bond acceptors (Lipinski definition) is 2. The summed E-state index contributed by atoms with van der Waals surface area (Å²) in [5.74, 6) is 0.462. The van der Waals surface area contributed by atoms with Crippen LogP contribution in [0.2, 0.25) is 0 Å². The molecule has 64 valence electrons. The first-order valence-electron chi connectivity index (χ1n) is 4.26. The SMILES string of the molecule is CC1CC(C)(C)CCC1=NO. The summed E-state index contributed by atoms with van der Waals surface area (Å²) >= 11 is 0. The molecule has 1 saturated carbocycles. The third kappa shape index (κ3) is 1.95. The molecule has 0 saturated heterocycles. The summed E-state index contributed by atoms with van der Waals surface area (Å²) in [4.78, 5) is 0. The van der Waals surface area contributed by atoms with E-state index in [0.717, 1.165) is 25.0 Å². The van der Waals surface area contributed by atoms with Crippen LogP contribution >= 0.6 is 0 Å². The van der Waals surface area contributed by atoms with E-state index < -0.39 is 0 Å². The lowest BCUT2D eigenvalue weighted by molar-refractivity contribution is 0.250. The van der Waals surface area contributed by atoms with Gasteiger partial charge in [0.1, 0.15) is 0 Å². The molecule has 11 heavy (non-hydrogen) atoms. The van der Waals surface area contributed by atoms with E-state index in [1.165, 1.54) is 0 Å².